The second kappa shape index (κ2) is 6.05. The molecular formula is C13H13FN4O2. The molecule has 0 aromatic carbocycles. The van der Waals surface area contributed by atoms with Gasteiger partial charge in [-0.1, -0.05) is 13.0 Å². The van der Waals surface area contributed by atoms with Crippen LogP contribution in [0.25, 0.3) is 0 Å². The number of carboxylic acids is 1. The van der Waals surface area contributed by atoms with E-state index in [1.54, 1.807) is 6.07 Å². The van der Waals surface area contributed by atoms with Crippen molar-refractivity contribution in [1.82, 2.24) is 15.0 Å². The van der Waals surface area contributed by atoms with Crippen LogP contribution in [0.3, 0.4) is 0 Å². The van der Waals surface area contributed by atoms with Gasteiger partial charge in [-0.05, 0) is 18.1 Å². The molecule has 0 aliphatic rings. The highest BCUT2D eigenvalue weighted by Crippen LogP contribution is 2.14. The van der Waals surface area contributed by atoms with Gasteiger partial charge in [0.2, 0.25) is 0 Å². The van der Waals surface area contributed by atoms with Crippen molar-refractivity contribution in [1.29, 1.82) is 0 Å². The van der Waals surface area contributed by atoms with E-state index in [0.717, 1.165) is 5.56 Å². The molecule has 0 amide bonds. The molecule has 2 aromatic rings. The maximum absolute atomic E-state index is 13.9. The predicted octanol–water partition coefficient (Wildman–Crippen LogP) is 1.88. The number of carbonyl (C=O) groups is 1. The molecule has 0 aliphatic carbocycles. The van der Waals surface area contributed by atoms with Crippen LogP contribution in [-0.2, 0) is 13.0 Å². The van der Waals surface area contributed by atoms with E-state index in [1.807, 2.05) is 6.92 Å². The second-order valence-corrected chi connectivity index (χ2v) is 4.05. The molecule has 104 valence electrons. The molecule has 0 bridgehead atoms. The molecule has 2 heterocycles. The summed E-state index contributed by atoms with van der Waals surface area (Å²) in [5, 5.41) is 11.6. The Hall–Kier alpha value is -2.57. The van der Waals surface area contributed by atoms with Crippen LogP contribution < -0.4 is 5.32 Å². The number of halogens is 1. The first-order valence-corrected chi connectivity index (χ1v) is 6.03. The highest BCUT2D eigenvalue weighted by molar-refractivity contribution is 5.85. The summed E-state index contributed by atoms with van der Waals surface area (Å²) in [6.07, 6.45) is 3.21. The number of anilines is 1. The van der Waals surface area contributed by atoms with Crippen molar-refractivity contribution in [3.05, 3.63) is 47.4 Å². The fourth-order valence-corrected chi connectivity index (χ4v) is 1.62. The molecule has 2 aromatic heterocycles. The summed E-state index contributed by atoms with van der Waals surface area (Å²) >= 11 is 0. The fraction of sp³-hybridized carbons (Fsp3) is 0.231. The zero-order valence-corrected chi connectivity index (χ0v) is 10.8. The van der Waals surface area contributed by atoms with Gasteiger partial charge in [0.25, 0.3) is 0 Å². The first-order chi connectivity index (χ1) is 9.61. The van der Waals surface area contributed by atoms with Crippen molar-refractivity contribution in [2.75, 3.05) is 5.32 Å². The Labute approximate surface area is 114 Å². The molecule has 0 spiro atoms. The van der Waals surface area contributed by atoms with Gasteiger partial charge in [-0.15, -0.1) is 0 Å². The standard InChI is InChI=1S/C13H13FN4O2/c1-2-9-11(14)12(18-7-17-9)16-6-8-3-4-10(13(19)20)15-5-8/h3-5,7H,2,6H2,1H3,(H,19,20)(H,16,17,18). The summed E-state index contributed by atoms with van der Waals surface area (Å²) in [7, 11) is 0. The van der Waals surface area contributed by atoms with E-state index in [2.05, 4.69) is 20.3 Å². The first-order valence-electron chi connectivity index (χ1n) is 6.03. The number of rotatable bonds is 5. The minimum absolute atomic E-state index is 0.0322. The van der Waals surface area contributed by atoms with Crippen LogP contribution in [0.2, 0.25) is 0 Å². The van der Waals surface area contributed by atoms with Crippen LogP contribution in [0, 0.1) is 5.82 Å². The molecular weight excluding hydrogens is 263 g/mol. The number of hydrogen-bond acceptors (Lipinski definition) is 5. The molecule has 6 nitrogen and oxygen atoms in total. The molecule has 0 unspecified atom stereocenters. The Bertz CT molecular complexity index is 616. The van der Waals surface area contributed by atoms with E-state index in [-0.39, 0.29) is 11.5 Å². The van der Waals surface area contributed by atoms with Crippen molar-refractivity contribution < 1.29 is 14.3 Å². The van der Waals surface area contributed by atoms with Gasteiger partial charge in [-0.2, -0.15) is 0 Å². The van der Waals surface area contributed by atoms with Crippen LogP contribution in [0.1, 0.15) is 28.7 Å². The minimum atomic E-state index is -1.08. The van der Waals surface area contributed by atoms with Crippen LogP contribution in [0.5, 0.6) is 0 Å². The lowest BCUT2D eigenvalue weighted by Gasteiger charge is -2.08. The van der Waals surface area contributed by atoms with Crippen molar-refractivity contribution in [3.63, 3.8) is 0 Å². The number of hydrogen-bond donors (Lipinski definition) is 2. The molecule has 0 saturated heterocycles. The summed E-state index contributed by atoms with van der Waals surface area (Å²) < 4.78 is 13.9. The Morgan fingerprint density at radius 1 is 1.35 bits per heavy atom. The minimum Gasteiger partial charge on any atom is -0.477 e. The number of nitrogens with zero attached hydrogens (tertiary/aromatic N) is 3. The number of aromatic nitrogens is 3. The average molecular weight is 276 g/mol. The number of pyridine rings is 1. The third kappa shape index (κ3) is 3.05. The summed E-state index contributed by atoms with van der Waals surface area (Å²) in [6.45, 7) is 2.10. The Morgan fingerprint density at radius 3 is 2.75 bits per heavy atom. The summed E-state index contributed by atoms with van der Waals surface area (Å²) in [5.74, 6) is -1.43. The van der Waals surface area contributed by atoms with Gasteiger partial charge in [0.15, 0.2) is 11.6 Å². The van der Waals surface area contributed by atoms with Crippen LogP contribution in [0.15, 0.2) is 24.7 Å². The monoisotopic (exact) mass is 276 g/mol. The average Bonchev–Trinajstić information content (AvgIpc) is 2.46. The van der Waals surface area contributed by atoms with E-state index in [4.69, 9.17) is 5.11 Å². The molecule has 7 heteroatoms. The molecule has 0 radical (unpaired) electrons. The SMILES string of the molecule is CCc1ncnc(NCc2ccc(C(=O)O)nc2)c1F. The quantitative estimate of drug-likeness (QED) is 0.867. The lowest BCUT2D eigenvalue weighted by molar-refractivity contribution is 0.0690. The molecule has 2 rings (SSSR count). The normalized spacial score (nSPS) is 10.3. The third-order valence-electron chi connectivity index (χ3n) is 2.70. The molecule has 2 N–H and O–H groups in total. The van der Waals surface area contributed by atoms with Gasteiger partial charge in [0.05, 0.1) is 5.69 Å². The van der Waals surface area contributed by atoms with Crippen LogP contribution in [0.4, 0.5) is 10.2 Å². The molecule has 20 heavy (non-hydrogen) atoms. The van der Waals surface area contributed by atoms with Crippen molar-refractivity contribution in [3.8, 4) is 0 Å². The fourth-order valence-electron chi connectivity index (χ4n) is 1.62. The highest BCUT2D eigenvalue weighted by atomic mass is 19.1. The van der Waals surface area contributed by atoms with Gasteiger partial charge < -0.3 is 10.4 Å². The molecule has 0 atom stereocenters. The van der Waals surface area contributed by atoms with Crippen molar-refractivity contribution in [2.24, 2.45) is 0 Å². The Morgan fingerprint density at radius 2 is 2.15 bits per heavy atom. The van der Waals surface area contributed by atoms with Crippen molar-refractivity contribution in [2.45, 2.75) is 19.9 Å². The number of aryl methyl sites for hydroxylation is 1. The molecule has 0 saturated carbocycles. The summed E-state index contributed by atoms with van der Waals surface area (Å²) in [6, 6.07) is 3.01. The molecule has 0 fully saturated rings. The second-order valence-electron chi connectivity index (χ2n) is 4.05. The maximum Gasteiger partial charge on any atom is 0.354 e. The lowest BCUT2D eigenvalue weighted by atomic mass is 10.2. The summed E-state index contributed by atoms with van der Waals surface area (Å²) in [5.41, 5.74) is 1.04. The van der Waals surface area contributed by atoms with Gasteiger partial charge in [-0.3, -0.25) is 0 Å². The zero-order valence-electron chi connectivity index (χ0n) is 10.8. The van der Waals surface area contributed by atoms with Gasteiger partial charge >= 0.3 is 5.97 Å². The van der Waals surface area contributed by atoms with Crippen molar-refractivity contribution >= 4 is 11.8 Å². The smallest absolute Gasteiger partial charge is 0.354 e. The van der Waals surface area contributed by atoms with E-state index in [0.29, 0.717) is 18.7 Å². The topological polar surface area (TPSA) is 88.0 Å². The van der Waals surface area contributed by atoms with Gasteiger partial charge in [-0.25, -0.2) is 24.1 Å². The highest BCUT2D eigenvalue weighted by Gasteiger charge is 2.09. The van der Waals surface area contributed by atoms with E-state index < -0.39 is 11.8 Å². The largest absolute Gasteiger partial charge is 0.477 e. The zero-order chi connectivity index (χ0) is 14.5. The maximum atomic E-state index is 13.9. The Kier molecular flexibility index (Phi) is 4.19. The molecule has 0 aliphatic heterocycles. The van der Waals surface area contributed by atoms with E-state index >= 15 is 0 Å². The first kappa shape index (κ1) is 13.9. The van der Waals surface area contributed by atoms with Gasteiger partial charge in [0.1, 0.15) is 12.0 Å². The summed E-state index contributed by atoms with van der Waals surface area (Å²) in [4.78, 5) is 22.1. The number of aromatic carboxylic acids is 1. The Balaban J connectivity index is 2.07. The van der Waals surface area contributed by atoms with Crippen LogP contribution >= 0.6 is 0 Å². The van der Waals surface area contributed by atoms with Gasteiger partial charge in [0, 0.05) is 12.7 Å². The predicted molar refractivity (Wildman–Crippen MR) is 69.9 cm³/mol. The lowest BCUT2D eigenvalue weighted by Crippen LogP contribution is -2.08. The third-order valence-corrected chi connectivity index (χ3v) is 2.70. The number of carboxylic acid groups (broad SMARTS) is 1. The van der Waals surface area contributed by atoms with E-state index in [9.17, 15) is 9.18 Å². The van der Waals surface area contributed by atoms with Crippen LogP contribution in [-0.4, -0.2) is 26.0 Å². The van der Waals surface area contributed by atoms with E-state index in [1.165, 1.54) is 18.6 Å². The number of nitrogens with one attached hydrogen (secondary N) is 1.